The van der Waals surface area contributed by atoms with Crippen molar-refractivity contribution < 1.29 is 9.59 Å². The quantitative estimate of drug-likeness (QED) is 0.899. The average Bonchev–Trinajstić information content (AvgIpc) is 3.03. The molecule has 23 heavy (non-hydrogen) atoms. The Hall–Kier alpha value is -2.60. The van der Waals surface area contributed by atoms with Crippen LogP contribution in [-0.4, -0.2) is 41.5 Å². The molecular formula is C17H20N4O2. The van der Waals surface area contributed by atoms with Gasteiger partial charge < -0.3 is 9.88 Å². The zero-order chi connectivity index (χ0) is 16.2. The van der Waals surface area contributed by atoms with Gasteiger partial charge in [0, 0.05) is 32.0 Å². The van der Waals surface area contributed by atoms with E-state index in [0.717, 1.165) is 24.3 Å². The molecule has 0 saturated carbocycles. The van der Waals surface area contributed by atoms with Crippen LogP contribution in [0.2, 0.25) is 0 Å². The van der Waals surface area contributed by atoms with Crippen molar-refractivity contribution in [3.8, 4) is 0 Å². The van der Waals surface area contributed by atoms with Gasteiger partial charge in [0.2, 0.25) is 5.91 Å². The largest absolute Gasteiger partial charge is 0.348 e. The highest BCUT2D eigenvalue weighted by atomic mass is 16.2. The fourth-order valence-corrected chi connectivity index (χ4v) is 3.03. The molecule has 0 saturated heterocycles. The number of imide groups is 1. The summed E-state index contributed by atoms with van der Waals surface area (Å²) in [4.78, 5) is 25.5. The van der Waals surface area contributed by atoms with Crippen LogP contribution in [0.4, 0.5) is 4.79 Å². The van der Waals surface area contributed by atoms with Crippen molar-refractivity contribution in [2.45, 2.75) is 12.6 Å². The molecule has 0 aliphatic carbocycles. The molecule has 0 radical (unpaired) electrons. The molecule has 6 nitrogen and oxygen atoms in total. The molecule has 1 atom stereocenters. The fraction of sp³-hybridized carbons (Fsp3) is 0.294. The monoisotopic (exact) mass is 312 g/mol. The third kappa shape index (κ3) is 3.27. The lowest BCUT2D eigenvalue weighted by Crippen LogP contribution is -2.47. The molecule has 2 aromatic rings. The minimum absolute atomic E-state index is 0.00962. The number of urea groups is 1. The summed E-state index contributed by atoms with van der Waals surface area (Å²) in [6.07, 6.45) is 2.06. The van der Waals surface area contributed by atoms with Crippen molar-refractivity contribution in [2.24, 2.45) is 0 Å². The molecule has 0 spiro atoms. The number of hydrogen-bond acceptors (Lipinski definition) is 3. The van der Waals surface area contributed by atoms with Gasteiger partial charge in [-0.1, -0.05) is 30.3 Å². The molecule has 0 bridgehead atoms. The smallest absolute Gasteiger partial charge is 0.321 e. The molecule has 1 aromatic heterocycles. The van der Waals surface area contributed by atoms with Gasteiger partial charge in [0.05, 0.1) is 12.6 Å². The van der Waals surface area contributed by atoms with Gasteiger partial charge in [0.1, 0.15) is 0 Å². The summed E-state index contributed by atoms with van der Waals surface area (Å²) in [7, 11) is 1.49. The standard InChI is InChI=1S/C17H20N4O2/c1-18-17(23)19-15(22)12-21-11-10-20-9-5-8-14(20)16(21)13-6-3-2-4-7-13/h2-9,16H,10-12H2,1H3,(H2,18,19,22,23)/t16-/m1/s1. The number of carbonyl (C=O) groups excluding carboxylic acids is 2. The van der Waals surface area contributed by atoms with Crippen LogP contribution >= 0.6 is 0 Å². The van der Waals surface area contributed by atoms with Gasteiger partial charge in [-0.05, 0) is 17.7 Å². The van der Waals surface area contributed by atoms with E-state index in [0.29, 0.717) is 0 Å². The van der Waals surface area contributed by atoms with E-state index in [2.05, 4.69) is 44.5 Å². The Kier molecular flexibility index (Phi) is 4.43. The molecule has 0 unspecified atom stereocenters. The van der Waals surface area contributed by atoms with Crippen LogP contribution in [0.1, 0.15) is 17.3 Å². The van der Waals surface area contributed by atoms with E-state index in [4.69, 9.17) is 0 Å². The van der Waals surface area contributed by atoms with Crippen molar-refractivity contribution in [3.05, 3.63) is 59.9 Å². The minimum Gasteiger partial charge on any atom is -0.348 e. The number of hydrogen-bond donors (Lipinski definition) is 2. The third-order valence-electron chi connectivity index (χ3n) is 4.08. The summed E-state index contributed by atoms with van der Waals surface area (Å²) in [5, 5.41) is 4.72. The van der Waals surface area contributed by atoms with Gasteiger partial charge >= 0.3 is 6.03 Å². The molecule has 1 aliphatic heterocycles. The first-order valence-corrected chi connectivity index (χ1v) is 7.64. The van der Waals surface area contributed by atoms with Crippen molar-refractivity contribution >= 4 is 11.9 Å². The molecule has 0 fully saturated rings. The molecule has 3 rings (SSSR count). The summed E-state index contributed by atoms with van der Waals surface area (Å²) in [5.41, 5.74) is 2.30. The van der Waals surface area contributed by atoms with Crippen molar-refractivity contribution in [3.63, 3.8) is 0 Å². The first kappa shape index (κ1) is 15.3. The Morgan fingerprint density at radius 3 is 2.65 bits per heavy atom. The summed E-state index contributed by atoms with van der Waals surface area (Å²) in [6, 6.07) is 13.8. The average molecular weight is 312 g/mol. The Bertz CT molecular complexity index is 696. The van der Waals surface area contributed by atoms with E-state index in [-0.39, 0.29) is 18.5 Å². The lowest BCUT2D eigenvalue weighted by Gasteiger charge is -2.36. The van der Waals surface area contributed by atoms with Crippen LogP contribution < -0.4 is 10.6 Å². The predicted octanol–water partition coefficient (Wildman–Crippen LogP) is 1.35. The van der Waals surface area contributed by atoms with E-state index < -0.39 is 6.03 Å². The van der Waals surface area contributed by atoms with Crippen LogP contribution in [-0.2, 0) is 11.3 Å². The van der Waals surface area contributed by atoms with Gasteiger partial charge in [0.25, 0.3) is 0 Å². The number of benzene rings is 1. The van der Waals surface area contributed by atoms with Gasteiger partial charge in [-0.3, -0.25) is 15.0 Å². The van der Waals surface area contributed by atoms with E-state index in [9.17, 15) is 9.59 Å². The number of aromatic nitrogens is 1. The lowest BCUT2D eigenvalue weighted by molar-refractivity contribution is -0.121. The minimum atomic E-state index is -0.480. The fourth-order valence-electron chi connectivity index (χ4n) is 3.03. The summed E-state index contributed by atoms with van der Waals surface area (Å²) in [5.74, 6) is -0.301. The number of rotatable bonds is 3. The van der Waals surface area contributed by atoms with Gasteiger partial charge in [-0.15, -0.1) is 0 Å². The first-order valence-electron chi connectivity index (χ1n) is 7.64. The molecule has 3 amide bonds. The second-order valence-corrected chi connectivity index (χ2v) is 5.54. The van der Waals surface area contributed by atoms with E-state index >= 15 is 0 Å². The number of fused-ring (bicyclic) bond motifs is 1. The molecular weight excluding hydrogens is 292 g/mol. The van der Waals surface area contributed by atoms with E-state index in [1.54, 1.807) is 0 Å². The van der Waals surface area contributed by atoms with E-state index in [1.807, 2.05) is 24.3 Å². The SMILES string of the molecule is CNC(=O)NC(=O)CN1CCn2cccc2[C@H]1c1ccccc1. The maximum atomic E-state index is 12.1. The van der Waals surface area contributed by atoms with Crippen LogP contribution in [0.3, 0.4) is 0 Å². The highest BCUT2D eigenvalue weighted by molar-refractivity contribution is 5.95. The van der Waals surface area contributed by atoms with Crippen LogP contribution in [0.15, 0.2) is 48.7 Å². The molecule has 1 aromatic carbocycles. The lowest BCUT2D eigenvalue weighted by atomic mass is 10.00. The van der Waals surface area contributed by atoms with Crippen LogP contribution in [0.5, 0.6) is 0 Å². The van der Waals surface area contributed by atoms with Crippen molar-refractivity contribution in [1.82, 2.24) is 20.1 Å². The molecule has 1 aliphatic rings. The highest BCUT2D eigenvalue weighted by Crippen LogP contribution is 2.31. The van der Waals surface area contributed by atoms with Crippen molar-refractivity contribution in [2.75, 3.05) is 20.1 Å². The third-order valence-corrected chi connectivity index (χ3v) is 4.08. The summed E-state index contributed by atoms with van der Waals surface area (Å²) in [6.45, 7) is 1.76. The van der Waals surface area contributed by atoms with Crippen LogP contribution in [0.25, 0.3) is 0 Å². The number of amides is 3. The molecule has 2 N–H and O–H groups in total. The topological polar surface area (TPSA) is 66.4 Å². The van der Waals surface area contributed by atoms with Gasteiger partial charge in [0.15, 0.2) is 0 Å². The number of nitrogens with one attached hydrogen (secondary N) is 2. The van der Waals surface area contributed by atoms with E-state index in [1.165, 1.54) is 7.05 Å². The second-order valence-electron chi connectivity index (χ2n) is 5.54. The first-order chi connectivity index (χ1) is 11.2. The van der Waals surface area contributed by atoms with Crippen LogP contribution in [0, 0.1) is 0 Å². The van der Waals surface area contributed by atoms with Crippen molar-refractivity contribution in [1.29, 1.82) is 0 Å². The van der Waals surface area contributed by atoms with Gasteiger partial charge in [-0.25, -0.2) is 4.79 Å². The maximum absolute atomic E-state index is 12.1. The van der Waals surface area contributed by atoms with Gasteiger partial charge in [-0.2, -0.15) is 0 Å². The Balaban J connectivity index is 1.84. The highest BCUT2D eigenvalue weighted by Gasteiger charge is 2.30. The Morgan fingerprint density at radius 1 is 1.13 bits per heavy atom. The summed E-state index contributed by atoms with van der Waals surface area (Å²) >= 11 is 0. The normalized spacial score (nSPS) is 17.3. The maximum Gasteiger partial charge on any atom is 0.321 e. The zero-order valence-corrected chi connectivity index (χ0v) is 13.0. The Labute approximate surface area is 135 Å². The molecule has 120 valence electrons. The molecule has 2 heterocycles. The predicted molar refractivity (Wildman–Crippen MR) is 86.9 cm³/mol. The zero-order valence-electron chi connectivity index (χ0n) is 13.0. The second kappa shape index (κ2) is 6.66. The number of nitrogens with zero attached hydrogens (tertiary/aromatic N) is 2. The Morgan fingerprint density at radius 2 is 1.91 bits per heavy atom. The summed E-state index contributed by atoms with van der Waals surface area (Å²) < 4.78 is 2.21. The number of carbonyl (C=O) groups is 2. The molecule has 6 heteroatoms.